The molecule has 0 aliphatic rings. The lowest BCUT2D eigenvalue weighted by molar-refractivity contribution is 0.297. The summed E-state index contributed by atoms with van der Waals surface area (Å²) in [7, 11) is 2.46. The summed E-state index contributed by atoms with van der Waals surface area (Å²) in [6.45, 7) is 11.9. The Morgan fingerprint density at radius 1 is 0.838 bits per heavy atom. The van der Waals surface area contributed by atoms with Crippen molar-refractivity contribution in [3.63, 3.8) is 0 Å². The number of nitrogens with zero attached hydrogens (tertiary/aromatic N) is 1. The number of ether oxygens (including phenoxy) is 1. The Bertz CT molecular complexity index is 1380. The maximum Gasteiger partial charge on any atom is 0.126 e. The molecular weight excluding hydrogens is 469 g/mol. The minimum absolute atomic E-state index is 0.0841. The Kier molecular flexibility index (Phi) is 8.62. The van der Waals surface area contributed by atoms with Crippen LogP contribution in [0.5, 0.6) is 5.75 Å². The second kappa shape index (κ2) is 11.9. The van der Waals surface area contributed by atoms with Crippen LogP contribution in [0.1, 0.15) is 59.2 Å². The predicted octanol–water partition coefficient (Wildman–Crippen LogP) is 8.29. The lowest BCUT2D eigenvalue weighted by Crippen LogP contribution is -2.25. The van der Waals surface area contributed by atoms with Gasteiger partial charge >= 0.3 is 0 Å². The summed E-state index contributed by atoms with van der Waals surface area (Å²) in [6, 6.07) is 32.1. The second-order valence-electron chi connectivity index (χ2n) is 9.98. The molecule has 4 aromatic carbocycles. The predicted molar refractivity (Wildman–Crippen MR) is 161 cm³/mol. The molecule has 0 aromatic heterocycles. The van der Waals surface area contributed by atoms with Gasteiger partial charge in [0.1, 0.15) is 12.4 Å². The lowest BCUT2D eigenvalue weighted by Gasteiger charge is -2.33. The minimum Gasteiger partial charge on any atom is -0.488 e. The van der Waals surface area contributed by atoms with Crippen molar-refractivity contribution in [2.24, 2.45) is 4.99 Å². The molecule has 4 aromatic rings. The first-order valence-electron chi connectivity index (χ1n) is 13.0. The Morgan fingerprint density at radius 3 is 2.16 bits per heavy atom. The minimum atomic E-state index is -0.0841. The summed E-state index contributed by atoms with van der Waals surface area (Å²) in [4.78, 5) is 4.76. The van der Waals surface area contributed by atoms with Gasteiger partial charge in [-0.3, -0.25) is 4.99 Å². The van der Waals surface area contributed by atoms with Crippen molar-refractivity contribution < 1.29 is 4.74 Å². The van der Waals surface area contributed by atoms with Crippen LogP contribution >= 0.6 is 8.58 Å². The summed E-state index contributed by atoms with van der Waals surface area (Å²) < 4.78 is 6.57. The normalized spacial score (nSPS) is 13.6. The molecule has 190 valence electrons. The van der Waals surface area contributed by atoms with Crippen LogP contribution < -0.4 is 10.0 Å². The van der Waals surface area contributed by atoms with Gasteiger partial charge in [-0.25, -0.2) is 0 Å². The van der Waals surface area contributed by atoms with Gasteiger partial charge in [-0.1, -0.05) is 119 Å². The van der Waals surface area contributed by atoms with Crippen LogP contribution in [0.15, 0.2) is 96.0 Å². The average molecular weight is 508 g/mol. The fourth-order valence-electron chi connectivity index (χ4n) is 4.94. The maximum atomic E-state index is 6.57. The highest BCUT2D eigenvalue weighted by Crippen LogP contribution is 2.49. The molecule has 2 unspecified atom stereocenters. The van der Waals surface area contributed by atoms with Gasteiger partial charge in [0.2, 0.25) is 0 Å². The molecule has 0 radical (unpaired) electrons. The fraction of sp³-hybridized carbons (Fsp3) is 0.265. The van der Waals surface area contributed by atoms with Crippen LogP contribution in [0.25, 0.3) is 0 Å². The Morgan fingerprint density at radius 2 is 1.51 bits per heavy atom. The smallest absolute Gasteiger partial charge is 0.126 e. The Hall–Kier alpha value is -3.22. The van der Waals surface area contributed by atoms with Crippen LogP contribution in [0.3, 0.4) is 0 Å². The van der Waals surface area contributed by atoms with Crippen molar-refractivity contribution in [1.29, 1.82) is 0 Å². The Labute approximate surface area is 224 Å². The molecular formula is C34H38NOP. The molecule has 2 atom stereocenters. The van der Waals surface area contributed by atoms with E-state index in [-0.39, 0.29) is 5.16 Å². The van der Waals surface area contributed by atoms with Crippen molar-refractivity contribution in [1.82, 2.24) is 0 Å². The van der Waals surface area contributed by atoms with Crippen molar-refractivity contribution in [2.75, 3.05) is 7.05 Å². The highest BCUT2D eigenvalue weighted by atomic mass is 31.1. The molecule has 0 aliphatic heterocycles. The average Bonchev–Trinajstić information content (AvgIpc) is 2.91. The zero-order valence-corrected chi connectivity index (χ0v) is 23.9. The van der Waals surface area contributed by atoms with E-state index in [2.05, 4.69) is 120 Å². The third kappa shape index (κ3) is 6.03. The van der Waals surface area contributed by atoms with Crippen molar-refractivity contribution in [3.8, 4) is 5.75 Å². The number of benzene rings is 4. The standard InChI is InChI=1S/C34H38NOP/c1-7-34(5,30-22-24(2)21-26(4)32(30)36-23-27-16-10-8-11-17-27)37-33-25(3)15-14-20-29(33)31(35-6)28-18-12-9-13-19-28/h8-22,37H,7,23H2,1-6H3. The quantitative estimate of drug-likeness (QED) is 0.165. The molecule has 3 heteroatoms. The third-order valence-electron chi connectivity index (χ3n) is 7.15. The molecule has 0 saturated heterocycles. The molecule has 0 fully saturated rings. The highest BCUT2D eigenvalue weighted by Gasteiger charge is 2.32. The first kappa shape index (κ1) is 26.8. The van der Waals surface area contributed by atoms with E-state index in [9.17, 15) is 0 Å². The summed E-state index contributed by atoms with van der Waals surface area (Å²) >= 11 is 0. The van der Waals surface area contributed by atoms with Gasteiger partial charge in [0, 0.05) is 28.9 Å². The molecule has 4 rings (SSSR count). The summed E-state index contributed by atoms with van der Waals surface area (Å²) in [5.41, 5.74) is 9.68. The molecule has 0 heterocycles. The monoisotopic (exact) mass is 507 g/mol. The van der Waals surface area contributed by atoms with Gasteiger partial charge in [-0.05, 0) is 49.2 Å². The Balaban J connectivity index is 1.78. The lowest BCUT2D eigenvalue weighted by atomic mass is 9.92. The maximum absolute atomic E-state index is 6.57. The zero-order valence-electron chi connectivity index (χ0n) is 22.9. The first-order valence-corrected chi connectivity index (χ1v) is 14.0. The van der Waals surface area contributed by atoms with Crippen molar-refractivity contribution in [2.45, 2.75) is 52.8 Å². The zero-order chi connectivity index (χ0) is 26.4. The first-order chi connectivity index (χ1) is 17.9. The van der Waals surface area contributed by atoms with E-state index < -0.39 is 0 Å². The van der Waals surface area contributed by atoms with Gasteiger partial charge in [0.25, 0.3) is 0 Å². The number of aryl methyl sites for hydroxylation is 3. The van der Waals surface area contributed by atoms with E-state index in [0.717, 1.165) is 23.4 Å². The van der Waals surface area contributed by atoms with Crippen LogP contribution in [0.4, 0.5) is 0 Å². The molecule has 0 bridgehead atoms. The second-order valence-corrected chi connectivity index (χ2v) is 11.8. The van der Waals surface area contributed by atoms with Crippen LogP contribution in [-0.4, -0.2) is 12.8 Å². The fourth-order valence-corrected chi connectivity index (χ4v) is 6.61. The molecule has 0 aliphatic carbocycles. The summed E-state index contributed by atoms with van der Waals surface area (Å²) in [5.74, 6) is 1.02. The van der Waals surface area contributed by atoms with Crippen molar-refractivity contribution >= 4 is 19.6 Å². The van der Waals surface area contributed by atoms with Gasteiger partial charge in [-0.15, -0.1) is 0 Å². The molecule has 2 nitrogen and oxygen atoms in total. The van der Waals surface area contributed by atoms with Gasteiger partial charge < -0.3 is 4.74 Å². The van der Waals surface area contributed by atoms with Crippen molar-refractivity contribution in [3.05, 3.63) is 130 Å². The molecule has 0 spiro atoms. The number of aliphatic imine (C=N–C) groups is 1. The van der Waals surface area contributed by atoms with Gasteiger partial charge in [0.05, 0.1) is 5.71 Å². The highest BCUT2D eigenvalue weighted by molar-refractivity contribution is 7.49. The van der Waals surface area contributed by atoms with Crippen LogP contribution in [0, 0.1) is 20.8 Å². The number of hydrogen-bond donors (Lipinski definition) is 0. The number of rotatable bonds is 9. The van der Waals surface area contributed by atoms with Gasteiger partial charge in [-0.2, -0.15) is 0 Å². The van der Waals surface area contributed by atoms with E-state index in [1.807, 2.05) is 13.1 Å². The summed E-state index contributed by atoms with van der Waals surface area (Å²) in [6.07, 6.45) is 1.01. The van der Waals surface area contributed by atoms with E-state index >= 15 is 0 Å². The number of hydrogen-bond acceptors (Lipinski definition) is 2. The molecule has 0 N–H and O–H groups in total. The molecule has 37 heavy (non-hydrogen) atoms. The van der Waals surface area contributed by atoms with Gasteiger partial charge in [0.15, 0.2) is 0 Å². The van der Waals surface area contributed by atoms with Crippen LogP contribution in [-0.2, 0) is 11.8 Å². The largest absolute Gasteiger partial charge is 0.488 e. The van der Waals surface area contributed by atoms with E-state index in [1.54, 1.807) is 0 Å². The van der Waals surface area contributed by atoms with E-state index in [4.69, 9.17) is 9.73 Å². The van der Waals surface area contributed by atoms with Crippen LogP contribution in [0.2, 0.25) is 0 Å². The van der Waals surface area contributed by atoms with E-state index in [1.165, 1.54) is 38.7 Å². The SMILES string of the molecule is CCC(C)(Pc1c(C)cccc1C(=NC)c1ccccc1)c1cc(C)cc(C)c1OCc1ccccc1. The third-order valence-corrected chi connectivity index (χ3v) is 9.23. The van der Waals surface area contributed by atoms with E-state index in [0.29, 0.717) is 15.2 Å². The molecule has 0 amide bonds. The molecule has 0 saturated carbocycles. The topological polar surface area (TPSA) is 21.6 Å². The summed E-state index contributed by atoms with van der Waals surface area (Å²) in [5, 5.41) is 1.30.